The lowest BCUT2D eigenvalue weighted by Crippen LogP contribution is -2.20. The Kier molecular flexibility index (Phi) is 2.11. The molecule has 0 bridgehead atoms. The Morgan fingerprint density at radius 2 is 2.27 bits per heavy atom. The Bertz CT molecular complexity index is 468. The van der Waals surface area contributed by atoms with Crippen LogP contribution in [0.1, 0.15) is 21.7 Å². The zero-order chi connectivity index (χ0) is 10.3. The summed E-state index contributed by atoms with van der Waals surface area (Å²) < 4.78 is 5.16. The number of aromatic nitrogens is 1. The van der Waals surface area contributed by atoms with E-state index in [4.69, 9.17) is 4.74 Å². The molecular weight excluding hydrogens is 210 g/mol. The molecular formula is C11H9NO2S. The van der Waals surface area contributed by atoms with Gasteiger partial charge in [-0.15, -0.1) is 0 Å². The molecule has 0 fully saturated rings. The molecule has 3 heterocycles. The zero-order valence-electron chi connectivity index (χ0n) is 8.03. The van der Waals surface area contributed by atoms with Crippen molar-refractivity contribution in [3.63, 3.8) is 0 Å². The summed E-state index contributed by atoms with van der Waals surface area (Å²) >= 11 is 1.63. The summed E-state index contributed by atoms with van der Waals surface area (Å²) in [5.41, 5.74) is 2.59. The van der Waals surface area contributed by atoms with Crippen molar-refractivity contribution in [3.05, 3.63) is 34.5 Å². The van der Waals surface area contributed by atoms with Crippen molar-refractivity contribution in [2.75, 3.05) is 6.61 Å². The lowest BCUT2D eigenvalue weighted by molar-refractivity contribution is 0.0653. The average molecular weight is 219 g/mol. The number of thioether (sulfide) groups is 1. The fourth-order valence-corrected chi connectivity index (χ4v) is 2.56. The largest absolute Gasteiger partial charge is 0.367 e. The molecule has 1 aromatic rings. The van der Waals surface area contributed by atoms with E-state index in [0.29, 0.717) is 6.61 Å². The lowest BCUT2D eigenvalue weighted by atomic mass is 10.1. The summed E-state index contributed by atoms with van der Waals surface area (Å²) in [5, 5.41) is 2.04. The highest BCUT2D eigenvalue weighted by atomic mass is 32.2. The molecule has 0 aromatic carbocycles. The molecule has 0 radical (unpaired) electrons. The van der Waals surface area contributed by atoms with Crippen LogP contribution in [-0.4, -0.2) is 17.4 Å². The van der Waals surface area contributed by atoms with E-state index in [2.05, 4.69) is 11.1 Å². The number of ether oxygens (including phenoxy) is 1. The smallest absolute Gasteiger partial charge is 0.190 e. The first-order valence-electron chi connectivity index (χ1n) is 4.80. The molecule has 2 aliphatic rings. The molecule has 0 saturated carbocycles. The summed E-state index contributed by atoms with van der Waals surface area (Å²) in [4.78, 5) is 17.2. The van der Waals surface area contributed by atoms with Crippen LogP contribution in [0.3, 0.4) is 0 Å². The lowest BCUT2D eigenvalue weighted by Gasteiger charge is -2.18. The highest BCUT2D eigenvalue weighted by Gasteiger charge is 2.21. The number of allylic oxidation sites excluding steroid dienone is 1. The number of rotatable bonds is 0. The van der Waals surface area contributed by atoms with Gasteiger partial charge in [0.05, 0.1) is 18.0 Å². The molecule has 0 atom stereocenters. The second-order valence-electron chi connectivity index (χ2n) is 3.54. The normalized spacial score (nSPS) is 18.5. The minimum Gasteiger partial charge on any atom is -0.367 e. The monoisotopic (exact) mass is 219 g/mol. The second-order valence-corrected chi connectivity index (χ2v) is 4.48. The van der Waals surface area contributed by atoms with Crippen LogP contribution in [0.15, 0.2) is 22.4 Å². The van der Waals surface area contributed by atoms with E-state index < -0.39 is 0 Å². The molecule has 0 spiro atoms. The van der Waals surface area contributed by atoms with Crippen LogP contribution in [0.5, 0.6) is 0 Å². The van der Waals surface area contributed by atoms with E-state index >= 15 is 0 Å². The average Bonchev–Trinajstić information content (AvgIpc) is 2.27. The Morgan fingerprint density at radius 3 is 3.20 bits per heavy atom. The van der Waals surface area contributed by atoms with Crippen molar-refractivity contribution in [1.82, 2.24) is 4.98 Å². The highest BCUT2D eigenvalue weighted by molar-refractivity contribution is 8.02. The number of carbonyl (C=O) groups excluding carboxylic acids is 1. The predicted molar refractivity (Wildman–Crippen MR) is 56.9 cm³/mol. The van der Waals surface area contributed by atoms with Gasteiger partial charge < -0.3 is 4.74 Å². The van der Waals surface area contributed by atoms with Gasteiger partial charge in [-0.05, 0) is 11.5 Å². The molecule has 76 valence electrons. The first kappa shape index (κ1) is 9.12. The summed E-state index contributed by atoms with van der Waals surface area (Å²) in [5.74, 6) is 0.0432. The molecule has 0 N–H and O–H groups in total. The molecule has 3 rings (SSSR count). The van der Waals surface area contributed by atoms with Gasteiger partial charge in [0.15, 0.2) is 5.78 Å². The molecule has 3 nitrogen and oxygen atoms in total. The van der Waals surface area contributed by atoms with Crippen LogP contribution in [-0.2, 0) is 17.8 Å². The molecule has 0 unspecified atom stereocenters. The van der Waals surface area contributed by atoms with Gasteiger partial charge in [0.2, 0.25) is 0 Å². The van der Waals surface area contributed by atoms with Gasteiger partial charge >= 0.3 is 0 Å². The van der Waals surface area contributed by atoms with E-state index in [1.807, 2.05) is 11.5 Å². The Balaban J connectivity index is 2.14. The van der Waals surface area contributed by atoms with Gasteiger partial charge in [-0.2, -0.15) is 0 Å². The topological polar surface area (TPSA) is 39.2 Å². The van der Waals surface area contributed by atoms with E-state index in [9.17, 15) is 4.79 Å². The third kappa shape index (κ3) is 1.50. The fourth-order valence-electron chi connectivity index (χ4n) is 1.77. The number of nitrogens with zero attached hydrogens (tertiary/aromatic N) is 1. The number of hydrogen-bond donors (Lipinski definition) is 0. The van der Waals surface area contributed by atoms with Gasteiger partial charge in [-0.3, -0.25) is 9.78 Å². The number of fused-ring (bicyclic) bond motifs is 2. The molecule has 4 heteroatoms. The van der Waals surface area contributed by atoms with Crippen LogP contribution in [0.25, 0.3) is 0 Å². The second kappa shape index (κ2) is 3.47. The van der Waals surface area contributed by atoms with E-state index in [-0.39, 0.29) is 12.4 Å². The Labute approximate surface area is 91.5 Å². The maximum atomic E-state index is 11.6. The van der Waals surface area contributed by atoms with Crippen LogP contribution < -0.4 is 0 Å². The van der Waals surface area contributed by atoms with E-state index in [0.717, 1.165) is 28.3 Å². The third-order valence-corrected chi connectivity index (χ3v) is 3.45. The fraction of sp³-hybridized carbons (Fsp3) is 0.273. The van der Waals surface area contributed by atoms with E-state index in [1.165, 1.54) is 0 Å². The minimum atomic E-state index is 0.0432. The van der Waals surface area contributed by atoms with Crippen LogP contribution in [0.4, 0.5) is 0 Å². The molecule has 1 aromatic heterocycles. The maximum Gasteiger partial charge on any atom is 0.190 e. The molecule has 0 amide bonds. The van der Waals surface area contributed by atoms with Crippen molar-refractivity contribution >= 4 is 17.5 Å². The van der Waals surface area contributed by atoms with Crippen molar-refractivity contribution in [3.8, 4) is 0 Å². The van der Waals surface area contributed by atoms with Crippen LogP contribution in [0.2, 0.25) is 0 Å². The first-order chi connectivity index (χ1) is 7.34. The summed E-state index contributed by atoms with van der Waals surface area (Å²) in [6, 6.07) is 1.96. The van der Waals surface area contributed by atoms with Gasteiger partial charge in [-0.25, -0.2) is 0 Å². The number of hydrogen-bond acceptors (Lipinski definition) is 4. The van der Waals surface area contributed by atoms with Crippen LogP contribution >= 0.6 is 11.8 Å². The van der Waals surface area contributed by atoms with Crippen molar-refractivity contribution in [1.29, 1.82) is 0 Å². The van der Waals surface area contributed by atoms with Gasteiger partial charge in [-0.1, -0.05) is 17.8 Å². The predicted octanol–water partition coefficient (Wildman–Crippen LogP) is 1.96. The molecule has 0 aliphatic carbocycles. The van der Waals surface area contributed by atoms with E-state index in [1.54, 1.807) is 11.8 Å². The summed E-state index contributed by atoms with van der Waals surface area (Å²) in [6.45, 7) is 0.650. The quantitative estimate of drug-likeness (QED) is 0.668. The summed E-state index contributed by atoms with van der Waals surface area (Å²) in [6.07, 6.45) is 2.93. The molecule has 0 saturated heterocycles. The van der Waals surface area contributed by atoms with Crippen molar-refractivity contribution in [2.24, 2.45) is 0 Å². The van der Waals surface area contributed by atoms with Crippen molar-refractivity contribution < 1.29 is 9.53 Å². The number of ketones is 1. The maximum absolute atomic E-state index is 11.6. The highest BCUT2D eigenvalue weighted by Crippen LogP contribution is 2.30. The summed E-state index contributed by atoms with van der Waals surface area (Å²) in [7, 11) is 0. The first-order valence-corrected chi connectivity index (χ1v) is 5.68. The molecule has 2 aliphatic heterocycles. The Hall–Kier alpha value is -1.13. The molecule has 15 heavy (non-hydrogen) atoms. The number of Topliss-reactive ketones (excluding diaryl/α,β-unsaturated/α-hetero) is 1. The Morgan fingerprint density at radius 1 is 1.33 bits per heavy atom. The van der Waals surface area contributed by atoms with Crippen LogP contribution in [0, 0.1) is 0 Å². The van der Waals surface area contributed by atoms with Gasteiger partial charge in [0, 0.05) is 16.9 Å². The minimum absolute atomic E-state index is 0.0432. The standard InChI is InChI=1S/C11H9NO2S/c13-10-6-14-5-9-7(10)4-11-8(12-9)2-1-3-15-11/h1,3-4H,2,5-6H2. The SMILES string of the molecule is O=C1COCc2nc3c(cc21)SC=CC3. The number of pyridine rings is 1. The zero-order valence-corrected chi connectivity index (χ0v) is 8.84. The van der Waals surface area contributed by atoms with Gasteiger partial charge in [0.25, 0.3) is 0 Å². The third-order valence-electron chi connectivity index (χ3n) is 2.52. The van der Waals surface area contributed by atoms with Gasteiger partial charge in [0.1, 0.15) is 6.61 Å². The number of carbonyl (C=O) groups is 1. The van der Waals surface area contributed by atoms with Crippen molar-refractivity contribution in [2.45, 2.75) is 17.9 Å².